The van der Waals surface area contributed by atoms with E-state index in [4.69, 9.17) is 4.98 Å². The van der Waals surface area contributed by atoms with Crippen LogP contribution < -0.4 is 10.2 Å². The summed E-state index contributed by atoms with van der Waals surface area (Å²) in [7, 11) is 3.44. The maximum Gasteiger partial charge on any atom is 0.317 e. The van der Waals surface area contributed by atoms with Gasteiger partial charge >= 0.3 is 6.03 Å². The molecule has 6 nitrogen and oxygen atoms in total. The summed E-state index contributed by atoms with van der Waals surface area (Å²) in [6.07, 6.45) is 3.31. The molecule has 4 rings (SSSR count). The highest BCUT2D eigenvalue weighted by molar-refractivity contribution is 5.79. The lowest BCUT2D eigenvalue weighted by atomic mass is 10.0. The van der Waals surface area contributed by atoms with Crippen LogP contribution in [-0.2, 0) is 0 Å². The van der Waals surface area contributed by atoms with Crippen molar-refractivity contribution in [2.75, 3.05) is 32.1 Å². The van der Waals surface area contributed by atoms with Crippen LogP contribution in [0.15, 0.2) is 54.7 Å². The minimum absolute atomic E-state index is 0.0921. The van der Waals surface area contributed by atoms with Gasteiger partial charge in [0, 0.05) is 44.4 Å². The van der Waals surface area contributed by atoms with Crippen molar-refractivity contribution in [3.63, 3.8) is 0 Å². The molecule has 3 aromatic rings. The first-order chi connectivity index (χ1) is 15.4. The van der Waals surface area contributed by atoms with Gasteiger partial charge in [-0.2, -0.15) is 0 Å². The highest BCUT2D eigenvalue weighted by atomic mass is 19.1. The fourth-order valence-electron chi connectivity index (χ4n) is 3.72. The average molecular weight is 437 g/mol. The Kier molecular flexibility index (Phi) is 6.30. The molecule has 1 saturated heterocycles. The van der Waals surface area contributed by atoms with E-state index >= 15 is 0 Å². The molecule has 0 spiro atoms. The van der Waals surface area contributed by atoms with Crippen LogP contribution in [0.3, 0.4) is 0 Å². The number of amides is 2. The van der Waals surface area contributed by atoms with Gasteiger partial charge in [-0.15, -0.1) is 0 Å². The number of carbonyl (C=O) groups excluding carboxylic acids is 1. The number of nitrogens with zero attached hydrogens (tertiary/aromatic N) is 4. The van der Waals surface area contributed by atoms with E-state index in [9.17, 15) is 13.6 Å². The number of anilines is 1. The van der Waals surface area contributed by atoms with Crippen molar-refractivity contribution in [1.29, 1.82) is 0 Å². The first-order valence-electron chi connectivity index (χ1n) is 10.5. The zero-order valence-electron chi connectivity index (χ0n) is 18.1. The van der Waals surface area contributed by atoms with Gasteiger partial charge in [-0.25, -0.2) is 18.6 Å². The molecular formula is C24H25F2N5O. The maximum absolute atomic E-state index is 13.5. The molecule has 1 aliphatic heterocycles. The molecule has 0 radical (unpaired) electrons. The van der Waals surface area contributed by atoms with Gasteiger partial charge in [-0.3, -0.25) is 4.98 Å². The van der Waals surface area contributed by atoms with Gasteiger partial charge in [0.05, 0.1) is 17.6 Å². The molecule has 8 heteroatoms. The number of urea groups is 1. The van der Waals surface area contributed by atoms with E-state index < -0.39 is 0 Å². The quantitative estimate of drug-likeness (QED) is 0.660. The Morgan fingerprint density at radius 2 is 1.47 bits per heavy atom. The summed E-state index contributed by atoms with van der Waals surface area (Å²) in [6, 6.07) is 12.2. The summed E-state index contributed by atoms with van der Waals surface area (Å²) in [6.45, 7) is 1.46. The first-order valence-corrected chi connectivity index (χ1v) is 10.5. The maximum atomic E-state index is 13.5. The van der Waals surface area contributed by atoms with E-state index in [1.165, 1.54) is 29.2 Å². The minimum atomic E-state index is -0.331. The van der Waals surface area contributed by atoms with Crippen LogP contribution in [-0.4, -0.2) is 54.1 Å². The largest absolute Gasteiger partial charge is 0.355 e. The molecule has 1 aromatic heterocycles. The summed E-state index contributed by atoms with van der Waals surface area (Å²) in [5.41, 5.74) is 2.67. The monoisotopic (exact) mass is 437 g/mol. The Balaban J connectivity index is 1.61. The van der Waals surface area contributed by atoms with Crippen molar-refractivity contribution in [2.45, 2.75) is 18.9 Å². The fourth-order valence-corrected chi connectivity index (χ4v) is 3.72. The van der Waals surface area contributed by atoms with Gasteiger partial charge in [0.25, 0.3) is 0 Å². The Labute approximate surface area is 185 Å². The van der Waals surface area contributed by atoms with Crippen LogP contribution in [0.1, 0.15) is 12.8 Å². The molecule has 0 saturated carbocycles. The number of hydrogen-bond donors (Lipinski definition) is 1. The van der Waals surface area contributed by atoms with E-state index in [0.717, 1.165) is 37.1 Å². The van der Waals surface area contributed by atoms with Gasteiger partial charge in [0.1, 0.15) is 17.5 Å². The second kappa shape index (κ2) is 9.30. The molecule has 0 atom stereocenters. The number of nitrogens with one attached hydrogen (secondary N) is 1. The SMILES string of the molecule is CN(C)C(=O)NC1CCN(c2cnc(-c3ccc(F)cc3)c(-c3ccc(F)cc3)n2)CC1. The first kappa shape index (κ1) is 21.7. The van der Waals surface area contributed by atoms with Gasteiger partial charge in [0.2, 0.25) is 0 Å². The minimum Gasteiger partial charge on any atom is -0.355 e. The number of aromatic nitrogens is 2. The van der Waals surface area contributed by atoms with Crippen LogP contribution >= 0.6 is 0 Å². The fraction of sp³-hybridized carbons (Fsp3) is 0.292. The van der Waals surface area contributed by atoms with E-state index in [2.05, 4.69) is 15.2 Å². The normalized spacial score (nSPS) is 14.3. The van der Waals surface area contributed by atoms with Crippen LogP contribution in [0.5, 0.6) is 0 Å². The molecule has 0 aliphatic carbocycles. The van der Waals surface area contributed by atoms with E-state index in [-0.39, 0.29) is 23.7 Å². The standard InChI is InChI=1S/C24H25F2N5O/c1-30(2)24(32)28-20-11-13-31(14-12-20)21-15-27-22(16-3-7-18(25)8-4-16)23(29-21)17-5-9-19(26)10-6-17/h3-10,15,20H,11-14H2,1-2H3,(H,28,32). The zero-order chi connectivity index (χ0) is 22.7. The van der Waals surface area contributed by atoms with Gasteiger partial charge in [-0.1, -0.05) is 0 Å². The molecule has 0 bridgehead atoms. The number of benzene rings is 2. The van der Waals surface area contributed by atoms with Crippen molar-refractivity contribution >= 4 is 11.8 Å². The lowest BCUT2D eigenvalue weighted by molar-refractivity contribution is 0.210. The smallest absolute Gasteiger partial charge is 0.317 e. The summed E-state index contributed by atoms with van der Waals surface area (Å²) in [5.74, 6) is 0.0569. The van der Waals surface area contributed by atoms with E-state index in [1.54, 1.807) is 44.6 Å². The average Bonchev–Trinajstić information content (AvgIpc) is 2.80. The Morgan fingerprint density at radius 3 is 2.00 bits per heavy atom. The van der Waals surface area contributed by atoms with Crippen molar-refractivity contribution < 1.29 is 13.6 Å². The number of halogens is 2. The lowest BCUT2D eigenvalue weighted by Gasteiger charge is -2.33. The molecule has 1 N–H and O–H groups in total. The third kappa shape index (κ3) is 4.85. The second-order valence-corrected chi connectivity index (χ2v) is 8.04. The third-order valence-corrected chi connectivity index (χ3v) is 5.55. The third-order valence-electron chi connectivity index (χ3n) is 5.55. The molecule has 2 heterocycles. The highest BCUT2D eigenvalue weighted by Gasteiger charge is 2.23. The predicted octanol–water partition coefficient (Wildman–Crippen LogP) is 4.33. The number of piperidine rings is 1. The summed E-state index contributed by atoms with van der Waals surface area (Å²) >= 11 is 0. The van der Waals surface area contributed by atoms with Crippen molar-refractivity contribution in [2.24, 2.45) is 0 Å². The molecule has 2 amide bonds. The molecule has 1 aliphatic rings. The second-order valence-electron chi connectivity index (χ2n) is 8.04. The summed E-state index contributed by atoms with van der Waals surface area (Å²) < 4.78 is 26.9. The molecule has 1 fully saturated rings. The molecule has 2 aromatic carbocycles. The number of carbonyl (C=O) groups is 1. The Bertz CT molecular complexity index is 1080. The number of rotatable bonds is 4. The van der Waals surface area contributed by atoms with Crippen molar-refractivity contribution in [3.8, 4) is 22.5 Å². The topological polar surface area (TPSA) is 61.4 Å². The van der Waals surface area contributed by atoms with Crippen molar-refractivity contribution in [1.82, 2.24) is 20.2 Å². The highest BCUT2D eigenvalue weighted by Crippen LogP contribution is 2.31. The van der Waals surface area contributed by atoms with Crippen LogP contribution in [0.2, 0.25) is 0 Å². The van der Waals surface area contributed by atoms with E-state index in [0.29, 0.717) is 17.2 Å². The van der Waals surface area contributed by atoms with Crippen molar-refractivity contribution in [3.05, 3.63) is 66.4 Å². The van der Waals surface area contributed by atoms with Gasteiger partial charge < -0.3 is 15.1 Å². The zero-order valence-corrected chi connectivity index (χ0v) is 18.1. The summed E-state index contributed by atoms with van der Waals surface area (Å²) in [4.78, 5) is 25.1. The van der Waals surface area contributed by atoms with Crippen LogP contribution in [0.4, 0.5) is 19.4 Å². The van der Waals surface area contributed by atoms with Crippen LogP contribution in [0.25, 0.3) is 22.5 Å². The molecule has 0 unspecified atom stereocenters. The Morgan fingerprint density at radius 1 is 0.938 bits per heavy atom. The Hall–Kier alpha value is -3.55. The van der Waals surface area contributed by atoms with E-state index in [1.807, 2.05) is 0 Å². The van der Waals surface area contributed by atoms with Crippen LogP contribution in [0, 0.1) is 11.6 Å². The molecule has 32 heavy (non-hydrogen) atoms. The number of hydrogen-bond acceptors (Lipinski definition) is 4. The lowest BCUT2D eigenvalue weighted by Crippen LogP contribution is -2.47. The molecule has 166 valence electrons. The molecular weight excluding hydrogens is 412 g/mol. The van der Waals surface area contributed by atoms with Gasteiger partial charge in [0.15, 0.2) is 0 Å². The van der Waals surface area contributed by atoms with Gasteiger partial charge in [-0.05, 0) is 61.4 Å². The summed E-state index contributed by atoms with van der Waals surface area (Å²) in [5, 5.41) is 3.03. The predicted molar refractivity (Wildman–Crippen MR) is 120 cm³/mol.